The quantitative estimate of drug-likeness (QED) is 0.833. The lowest BCUT2D eigenvalue weighted by atomic mass is 9.90. The predicted molar refractivity (Wildman–Crippen MR) is 80.2 cm³/mol. The molecule has 3 N–H and O–H groups in total. The molecule has 1 amide bonds. The number of hydrogen-bond donors (Lipinski definition) is 2. The second-order valence-electron chi connectivity index (χ2n) is 5.55. The number of anilines is 1. The van der Waals surface area contributed by atoms with Gasteiger partial charge in [-0.05, 0) is 55.7 Å². The summed E-state index contributed by atoms with van der Waals surface area (Å²) < 4.78 is 0. The van der Waals surface area contributed by atoms with Crippen LogP contribution in [-0.2, 0) is 17.6 Å². The summed E-state index contributed by atoms with van der Waals surface area (Å²) in [7, 11) is 0. The zero-order chi connectivity index (χ0) is 13.5. The number of fused-ring (bicyclic) bond motifs is 1. The van der Waals surface area contributed by atoms with Crippen LogP contribution in [0.25, 0.3) is 0 Å². The fourth-order valence-electron chi connectivity index (χ4n) is 2.85. The van der Waals surface area contributed by atoms with Gasteiger partial charge in [-0.1, -0.05) is 24.4 Å². The smallest absolute Gasteiger partial charge is 0.237 e. The highest BCUT2D eigenvalue weighted by Crippen LogP contribution is 2.47. The zero-order valence-electron chi connectivity index (χ0n) is 10.9. The number of amides is 1. The van der Waals surface area contributed by atoms with Gasteiger partial charge in [0.15, 0.2) is 0 Å². The summed E-state index contributed by atoms with van der Waals surface area (Å²) in [5.41, 5.74) is 8.73. The number of aryl methyl sites for hydroxylation is 1. The predicted octanol–water partition coefficient (Wildman–Crippen LogP) is 2.57. The Bertz CT molecular complexity index is 549. The molecular weight excluding hydrogens is 256 g/mol. The number of carbonyl (C=O) groups is 1. The Labute approximate surface area is 118 Å². The molecule has 0 heterocycles. The molecule has 0 saturated heterocycles. The first-order valence-corrected chi connectivity index (χ1v) is 7.26. The molecular formula is C15H18N2OS. The van der Waals surface area contributed by atoms with E-state index in [0.717, 1.165) is 31.4 Å². The maximum absolute atomic E-state index is 12.3. The lowest BCUT2D eigenvalue weighted by Gasteiger charge is -2.21. The van der Waals surface area contributed by atoms with Crippen molar-refractivity contribution in [1.29, 1.82) is 0 Å². The Hall–Kier alpha value is -1.42. The number of hydrogen-bond acceptors (Lipinski definition) is 2. The van der Waals surface area contributed by atoms with Gasteiger partial charge in [0.05, 0.1) is 10.4 Å². The van der Waals surface area contributed by atoms with E-state index in [1.165, 1.54) is 24.0 Å². The molecule has 2 aliphatic rings. The highest BCUT2D eigenvalue weighted by atomic mass is 32.1. The van der Waals surface area contributed by atoms with Crippen molar-refractivity contribution in [3.63, 3.8) is 0 Å². The number of nitrogens with one attached hydrogen (secondary N) is 1. The molecule has 0 unspecified atom stereocenters. The molecule has 0 atom stereocenters. The highest BCUT2D eigenvalue weighted by Gasteiger charge is 2.52. The summed E-state index contributed by atoms with van der Waals surface area (Å²) in [6, 6.07) is 6.16. The molecule has 0 aliphatic heterocycles. The van der Waals surface area contributed by atoms with Crippen molar-refractivity contribution in [2.24, 2.45) is 11.1 Å². The van der Waals surface area contributed by atoms with E-state index < -0.39 is 5.41 Å². The Kier molecular flexibility index (Phi) is 3.05. The fourth-order valence-corrected chi connectivity index (χ4v) is 3.15. The van der Waals surface area contributed by atoms with Crippen LogP contribution in [0, 0.1) is 5.41 Å². The van der Waals surface area contributed by atoms with Gasteiger partial charge in [0.25, 0.3) is 0 Å². The molecule has 0 spiro atoms. The SMILES string of the molecule is NC(=S)C1(C(=O)Nc2cccc3c2CCCC3)CC1. The number of benzene rings is 1. The molecule has 0 radical (unpaired) electrons. The van der Waals surface area contributed by atoms with Crippen molar-refractivity contribution in [2.45, 2.75) is 38.5 Å². The molecule has 1 aromatic carbocycles. The van der Waals surface area contributed by atoms with E-state index in [0.29, 0.717) is 4.99 Å². The minimum absolute atomic E-state index is 0.0287. The number of rotatable bonds is 3. The lowest BCUT2D eigenvalue weighted by Crippen LogP contribution is -2.35. The monoisotopic (exact) mass is 274 g/mol. The molecule has 3 nitrogen and oxygen atoms in total. The van der Waals surface area contributed by atoms with Gasteiger partial charge in [0.1, 0.15) is 0 Å². The average molecular weight is 274 g/mol. The maximum Gasteiger partial charge on any atom is 0.237 e. The van der Waals surface area contributed by atoms with E-state index in [9.17, 15) is 4.79 Å². The van der Waals surface area contributed by atoms with Crippen LogP contribution in [0.2, 0.25) is 0 Å². The van der Waals surface area contributed by atoms with Crippen LogP contribution < -0.4 is 11.1 Å². The minimum atomic E-state index is -0.577. The van der Waals surface area contributed by atoms with E-state index in [1.807, 2.05) is 12.1 Å². The van der Waals surface area contributed by atoms with Crippen molar-refractivity contribution in [3.8, 4) is 0 Å². The second kappa shape index (κ2) is 4.60. The molecule has 2 aliphatic carbocycles. The molecule has 1 saturated carbocycles. The van der Waals surface area contributed by atoms with Crippen molar-refractivity contribution in [2.75, 3.05) is 5.32 Å². The minimum Gasteiger partial charge on any atom is -0.392 e. The fraction of sp³-hybridized carbons (Fsp3) is 0.467. The molecule has 0 aromatic heterocycles. The number of carbonyl (C=O) groups excluding carboxylic acids is 1. The van der Waals surface area contributed by atoms with Gasteiger partial charge in [-0.25, -0.2) is 0 Å². The average Bonchev–Trinajstić information content (AvgIpc) is 3.20. The Balaban J connectivity index is 1.84. The molecule has 1 fully saturated rings. The Morgan fingerprint density at radius 3 is 2.68 bits per heavy atom. The summed E-state index contributed by atoms with van der Waals surface area (Å²) in [6.07, 6.45) is 6.15. The molecule has 3 rings (SSSR count). The molecule has 100 valence electrons. The largest absolute Gasteiger partial charge is 0.392 e. The summed E-state index contributed by atoms with van der Waals surface area (Å²) in [6.45, 7) is 0. The van der Waals surface area contributed by atoms with Gasteiger partial charge < -0.3 is 11.1 Å². The second-order valence-corrected chi connectivity index (χ2v) is 5.99. The summed E-state index contributed by atoms with van der Waals surface area (Å²) in [5.74, 6) is -0.0287. The van der Waals surface area contributed by atoms with Crippen LogP contribution in [0.5, 0.6) is 0 Å². The van der Waals surface area contributed by atoms with E-state index in [1.54, 1.807) is 0 Å². The van der Waals surface area contributed by atoms with E-state index in [4.69, 9.17) is 18.0 Å². The van der Waals surface area contributed by atoms with E-state index >= 15 is 0 Å². The Morgan fingerprint density at radius 1 is 1.26 bits per heavy atom. The first-order valence-electron chi connectivity index (χ1n) is 6.86. The van der Waals surface area contributed by atoms with Gasteiger partial charge in [-0.2, -0.15) is 0 Å². The molecule has 4 heteroatoms. The van der Waals surface area contributed by atoms with Crippen molar-refractivity contribution < 1.29 is 4.79 Å². The zero-order valence-corrected chi connectivity index (χ0v) is 11.7. The third-order valence-electron chi connectivity index (χ3n) is 4.30. The van der Waals surface area contributed by atoms with Gasteiger partial charge in [-0.3, -0.25) is 4.79 Å². The van der Waals surface area contributed by atoms with Crippen molar-refractivity contribution in [1.82, 2.24) is 0 Å². The first kappa shape index (κ1) is 12.6. The number of thiocarbonyl (C=S) groups is 1. The van der Waals surface area contributed by atoms with Gasteiger partial charge in [-0.15, -0.1) is 0 Å². The molecule has 1 aromatic rings. The maximum atomic E-state index is 12.3. The van der Waals surface area contributed by atoms with Crippen LogP contribution in [0.4, 0.5) is 5.69 Å². The van der Waals surface area contributed by atoms with Crippen LogP contribution >= 0.6 is 12.2 Å². The van der Waals surface area contributed by atoms with Gasteiger partial charge in [0, 0.05) is 5.69 Å². The summed E-state index contributed by atoms with van der Waals surface area (Å²) in [4.78, 5) is 12.7. The first-order chi connectivity index (χ1) is 9.13. The normalized spacial score (nSPS) is 19.4. The van der Waals surface area contributed by atoms with E-state index in [-0.39, 0.29) is 5.91 Å². The van der Waals surface area contributed by atoms with Crippen molar-refractivity contribution >= 4 is 28.8 Å². The third kappa shape index (κ3) is 2.14. The standard InChI is InChI=1S/C15H18N2OS/c16-13(19)15(8-9-15)14(18)17-12-7-3-5-10-4-1-2-6-11(10)12/h3,5,7H,1-2,4,6,8-9H2,(H2,16,19)(H,17,18). The number of nitrogens with two attached hydrogens (primary N) is 1. The van der Waals surface area contributed by atoms with Crippen LogP contribution in [0.15, 0.2) is 18.2 Å². The molecule has 0 bridgehead atoms. The topological polar surface area (TPSA) is 55.1 Å². The summed E-state index contributed by atoms with van der Waals surface area (Å²) in [5, 5.41) is 3.05. The highest BCUT2D eigenvalue weighted by molar-refractivity contribution is 7.80. The van der Waals surface area contributed by atoms with Gasteiger partial charge in [0.2, 0.25) is 5.91 Å². The summed E-state index contributed by atoms with van der Waals surface area (Å²) >= 11 is 5.02. The Morgan fingerprint density at radius 2 is 2.00 bits per heavy atom. The third-order valence-corrected chi connectivity index (χ3v) is 4.69. The van der Waals surface area contributed by atoms with E-state index in [2.05, 4.69) is 11.4 Å². The van der Waals surface area contributed by atoms with Crippen LogP contribution in [-0.4, -0.2) is 10.9 Å². The van der Waals surface area contributed by atoms with Crippen LogP contribution in [0.1, 0.15) is 36.8 Å². The van der Waals surface area contributed by atoms with Crippen molar-refractivity contribution in [3.05, 3.63) is 29.3 Å². The van der Waals surface area contributed by atoms with Crippen LogP contribution in [0.3, 0.4) is 0 Å². The van der Waals surface area contributed by atoms with Gasteiger partial charge >= 0.3 is 0 Å². The molecule has 19 heavy (non-hydrogen) atoms. The lowest BCUT2D eigenvalue weighted by molar-refractivity contribution is -0.118.